The number of carbonyl (C=O) groups is 1. The van der Waals surface area contributed by atoms with E-state index in [1.54, 1.807) is 0 Å². The van der Waals surface area contributed by atoms with E-state index >= 15 is 0 Å². The Morgan fingerprint density at radius 1 is 1.13 bits per heavy atom. The molecule has 15 heavy (non-hydrogen) atoms. The minimum Gasteiger partial charge on any atom is -0.426 e. The molecule has 0 saturated carbocycles. The van der Waals surface area contributed by atoms with Crippen LogP contribution < -0.4 is 10.5 Å². The highest BCUT2D eigenvalue weighted by Crippen LogP contribution is 2.32. The maximum absolute atomic E-state index is 11.1. The zero-order valence-corrected chi connectivity index (χ0v) is 8.45. The molecule has 3 rings (SSSR count). The number of rotatable bonds is 0. The van der Waals surface area contributed by atoms with Crippen LogP contribution in [0.4, 0.5) is 0 Å². The summed E-state index contributed by atoms with van der Waals surface area (Å²) < 4.78 is 5.21. The molecule has 2 N–H and O–H groups in total. The summed E-state index contributed by atoms with van der Waals surface area (Å²) in [6, 6.07) is 4.39. The molecule has 1 aliphatic carbocycles. The molecule has 0 amide bonds. The molecular formula is C12H13NO2. The van der Waals surface area contributed by atoms with E-state index in [0.29, 0.717) is 6.42 Å². The second kappa shape index (κ2) is 3.07. The van der Waals surface area contributed by atoms with Crippen molar-refractivity contribution in [2.75, 3.05) is 0 Å². The Morgan fingerprint density at radius 2 is 1.87 bits per heavy atom. The molecule has 78 valence electrons. The van der Waals surface area contributed by atoms with Gasteiger partial charge >= 0.3 is 5.97 Å². The third-order valence-corrected chi connectivity index (χ3v) is 3.17. The predicted octanol–water partition coefficient (Wildman–Crippen LogP) is 0.964. The molecule has 0 bridgehead atoms. The summed E-state index contributed by atoms with van der Waals surface area (Å²) in [6.45, 7) is 0. The van der Waals surface area contributed by atoms with Crippen molar-refractivity contribution >= 4 is 5.97 Å². The molecule has 3 heteroatoms. The van der Waals surface area contributed by atoms with Gasteiger partial charge in [-0.1, -0.05) is 6.07 Å². The number of hydrogen-bond acceptors (Lipinski definition) is 3. The van der Waals surface area contributed by atoms with Crippen LogP contribution in [-0.2, 0) is 24.1 Å². The van der Waals surface area contributed by atoms with Gasteiger partial charge in [0.15, 0.2) is 0 Å². The lowest BCUT2D eigenvalue weighted by Gasteiger charge is -2.16. The lowest BCUT2D eigenvalue weighted by atomic mass is 10.0. The molecule has 1 heterocycles. The molecule has 2 aliphatic rings. The molecule has 1 aliphatic heterocycles. The first-order valence-corrected chi connectivity index (χ1v) is 5.33. The van der Waals surface area contributed by atoms with E-state index in [1.165, 1.54) is 11.1 Å². The number of ether oxygens (including phenoxy) is 1. The van der Waals surface area contributed by atoms with Crippen molar-refractivity contribution in [3.05, 3.63) is 28.8 Å². The average Bonchev–Trinajstić information content (AvgIpc) is 2.53. The van der Waals surface area contributed by atoms with Crippen LogP contribution in [0.5, 0.6) is 5.75 Å². The van der Waals surface area contributed by atoms with E-state index in [4.69, 9.17) is 10.5 Å². The second-order valence-electron chi connectivity index (χ2n) is 4.37. The van der Waals surface area contributed by atoms with E-state index in [2.05, 4.69) is 6.07 Å². The number of benzene rings is 1. The van der Waals surface area contributed by atoms with Crippen LogP contribution in [0.2, 0.25) is 0 Å². The van der Waals surface area contributed by atoms with Gasteiger partial charge in [-0.2, -0.15) is 0 Å². The van der Waals surface area contributed by atoms with Crippen LogP contribution >= 0.6 is 0 Å². The number of esters is 1. The fraction of sp³-hybridized carbons (Fsp3) is 0.417. The second-order valence-corrected chi connectivity index (χ2v) is 4.37. The normalized spacial score (nSPS) is 23.3. The molecule has 0 aromatic heterocycles. The largest absolute Gasteiger partial charge is 0.426 e. The Morgan fingerprint density at radius 3 is 2.67 bits per heavy atom. The maximum atomic E-state index is 11.1. The number of aryl methyl sites for hydroxylation is 1. The lowest BCUT2D eigenvalue weighted by molar-refractivity contribution is -0.135. The Hall–Kier alpha value is -1.35. The minimum absolute atomic E-state index is 0.121. The lowest BCUT2D eigenvalue weighted by Crippen LogP contribution is -2.18. The van der Waals surface area contributed by atoms with Crippen LogP contribution in [0.1, 0.15) is 23.1 Å². The van der Waals surface area contributed by atoms with Gasteiger partial charge in [0.1, 0.15) is 5.75 Å². The van der Waals surface area contributed by atoms with Gasteiger partial charge in [0.25, 0.3) is 0 Å². The molecule has 1 aromatic rings. The van der Waals surface area contributed by atoms with Crippen LogP contribution in [0.3, 0.4) is 0 Å². The van der Waals surface area contributed by atoms with E-state index < -0.39 is 0 Å². The highest BCUT2D eigenvalue weighted by Gasteiger charge is 2.24. The summed E-state index contributed by atoms with van der Waals surface area (Å²) in [5.74, 6) is 0.629. The van der Waals surface area contributed by atoms with Gasteiger partial charge in [-0.25, -0.2) is 0 Å². The Balaban J connectivity index is 2.05. The summed E-state index contributed by atoms with van der Waals surface area (Å²) in [4.78, 5) is 11.1. The molecule has 0 spiro atoms. The van der Waals surface area contributed by atoms with Gasteiger partial charge < -0.3 is 10.5 Å². The first-order valence-electron chi connectivity index (χ1n) is 5.33. The molecular weight excluding hydrogens is 190 g/mol. The van der Waals surface area contributed by atoms with Crippen LogP contribution in [0, 0.1) is 0 Å². The summed E-state index contributed by atoms with van der Waals surface area (Å²) in [6.07, 6.45) is 3.16. The van der Waals surface area contributed by atoms with Crippen LogP contribution in [-0.4, -0.2) is 12.0 Å². The van der Waals surface area contributed by atoms with Gasteiger partial charge in [-0.15, -0.1) is 0 Å². The van der Waals surface area contributed by atoms with E-state index in [-0.39, 0.29) is 12.0 Å². The Labute approximate surface area is 88.2 Å². The minimum atomic E-state index is -0.121. The quantitative estimate of drug-likeness (QED) is 0.505. The SMILES string of the molecule is NC1Cc2cc3c(cc2C1)OC(=O)CC3. The fourth-order valence-corrected chi connectivity index (χ4v) is 2.44. The van der Waals surface area contributed by atoms with E-state index in [0.717, 1.165) is 30.6 Å². The molecule has 0 fully saturated rings. The number of fused-ring (bicyclic) bond motifs is 2. The first kappa shape index (κ1) is 8.92. The van der Waals surface area contributed by atoms with Crippen molar-refractivity contribution in [2.24, 2.45) is 5.73 Å². The van der Waals surface area contributed by atoms with Crippen molar-refractivity contribution in [3.63, 3.8) is 0 Å². The van der Waals surface area contributed by atoms with Gasteiger partial charge in [0, 0.05) is 6.04 Å². The number of carbonyl (C=O) groups excluding carboxylic acids is 1. The van der Waals surface area contributed by atoms with Crippen molar-refractivity contribution in [3.8, 4) is 5.75 Å². The number of nitrogens with two attached hydrogens (primary N) is 1. The molecule has 1 unspecified atom stereocenters. The third kappa shape index (κ3) is 1.43. The monoisotopic (exact) mass is 203 g/mol. The van der Waals surface area contributed by atoms with Crippen molar-refractivity contribution in [1.82, 2.24) is 0 Å². The Kier molecular flexibility index (Phi) is 1.83. The molecule has 1 aromatic carbocycles. The van der Waals surface area contributed by atoms with Crippen molar-refractivity contribution in [2.45, 2.75) is 31.7 Å². The Bertz CT molecular complexity index is 439. The highest BCUT2D eigenvalue weighted by molar-refractivity contribution is 5.75. The van der Waals surface area contributed by atoms with E-state index in [9.17, 15) is 4.79 Å². The van der Waals surface area contributed by atoms with Crippen molar-refractivity contribution < 1.29 is 9.53 Å². The van der Waals surface area contributed by atoms with Crippen molar-refractivity contribution in [1.29, 1.82) is 0 Å². The van der Waals surface area contributed by atoms with Crippen LogP contribution in [0.25, 0.3) is 0 Å². The topological polar surface area (TPSA) is 52.3 Å². The van der Waals surface area contributed by atoms with Gasteiger partial charge in [0.05, 0.1) is 6.42 Å². The standard InChI is InChI=1S/C12H13NO2/c13-10-4-8-3-7-1-2-12(14)15-11(7)6-9(8)5-10/h3,6,10H,1-2,4-5,13H2. The van der Waals surface area contributed by atoms with Gasteiger partial charge in [-0.05, 0) is 42.0 Å². The van der Waals surface area contributed by atoms with Crippen LogP contribution in [0.15, 0.2) is 12.1 Å². The van der Waals surface area contributed by atoms with E-state index in [1.807, 2.05) is 6.07 Å². The zero-order chi connectivity index (χ0) is 10.4. The molecule has 0 radical (unpaired) electrons. The highest BCUT2D eigenvalue weighted by atomic mass is 16.5. The molecule has 3 nitrogen and oxygen atoms in total. The first-order chi connectivity index (χ1) is 7.22. The fourth-order valence-electron chi connectivity index (χ4n) is 2.44. The molecule has 0 saturated heterocycles. The van der Waals surface area contributed by atoms with Gasteiger partial charge in [0.2, 0.25) is 0 Å². The predicted molar refractivity (Wildman–Crippen MR) is 55.8 cm³/mol. The molecule has 1 atom stereocenters. The third-order valence-electron chi connectivity index (χ3n) is 3.17. The smallest absolute Gasteiger partial charge is 0.311 e. The summed E-state index contributed by atoms with van der Waals surface area (Å²) in [7, 11) is 0. The summed E-state index contributed by atoms with van der Waals surface area (Å²) >= 11 is 0. The zero-order valence-electron chi connectivity index (χ0n) is 8.45. The average molecular weight is 203 g/mol. The maximum Gasteiger partial charge on any atom is 0.311 e. The number of hydrogen-bond donors (Lipinski definition) is 1. The van der Waals surface area contributed by atoms with Gasteiger partial charge in [-0.3, -0.25) is 4.79 Å². The summed E-state index contributed by atoms with van der Waals surface area (Å²) in [5.41, 5.74) is 9.64. The summed E-state index contributed by atoms with van der Waals surface area (Å²) in [5, 5.41) is 0.